The third kappa shape index (κ3) is 6.99. The molecule has 0 aromatic heterocycles. The van der Waals surface area contributed by atoms with E-state index in [0.717, 1.165) is 19.0 Å². The van der Waals surface area contributed by atoms with Crippen molar-refractivity contribution in [2.75, 3.05) is 33.8 Å². The van der Waals surface area contributed by atoms with Crippen molar-refractivity contribution in [1.29, 1.82) is 0 Å². The lowest BCUT2D eigenvalue weighted by Crippen LogP contribution is -2.36. The predicted octanol–water partition coefficient (Wildman–Crippen LogP) is 0.938. The lowest BCUT2D eigenvalue weighted by atomic mass is 10.1. The summed E-state index contributed by atoms with van der Waals surface area (Å²) in [6.07, 6.45) is 1.41. The molecule has 0 saturated heterocycles. The van der Waals surface area contributed by atoms with Crippen LogP contribution in [0.5, 0.6) is 0 Å². The summed E-state index contributed by atoms with van der Waals surface area (Å²) >= 11 is 0. The second-order valence-electron chi connectivity index (χ2n) is 4.04. The topological polar surface area (TPSA) is 38.5 Å². The lowest BCUT2D eigenvalue weighted by Gasteiger charge is -2.22. The van der Waals surface area contributed by atoms with Crippen LogP contribution in [-0.2, 0) is 4.74 Å². The Labute approximate surface area is 82.2 Å². The van der Waals surface area contributed by atoms with Crippen LogP contribution in [0.4, 0.5) is 0 Å². The van der Waals surface area contributed by atoms with Crippen molar-refractivity contribution < 1.29 is 4.74 Å². The summed E-state index contributed by atoms with van der Waals surface area (Å²) in [5, 5.41) is 0. The van der Waals surface area contributed by atoms with Gasteiger partial charge >= 0.3 is 0 Å². The van der Waals surface area contributed by atoms with Crippen molar-refractivity contribution in [3.8, 4) is 0 Å². The van der Waals surface area contributed by atoms with E-state index in [1.54, 1.807) is 7.11 Å². The van der Waals surface area contributed by atoms with Crippen molar-refractivity contribution in [3.63, 3.8) is 0 Å². The Hall–Kier alpha value is -0.120. The number of nitrogens with zero attached hydrogens (tertiary/aromatic N) is 1. The van der Waals surface area contributed by atoms with Crippen LogP contribution in [0, 0.1) is 5.92 Å². The van der Waals surface area contributed by atoms with Gasteiger partial charge in [0.2, 0.25) is 0 Å². The number of hydrogen-bond acceptors (Lipinski definition) is 3. The number of methoxy groups -OCH3 is 1. The molecule has 3 nitrogen and oxygen atoms in total. The van der Waals surface area contributed by atoms with Crippen LogP contribution in [0.15, 0.2) is 0 Å². The highest BCUT2D eigenvalue weighted by Crippen LogP contribution is 2.01. The van der Waals surface area contributed by atoms with Crippen molar-refractivity contribution in [2.45, 2.75) is 26.4 Å². The molecule has 0 fully saturated rings. The summed E-state index contributed by atoms with van der Waals surface area (Å²) in [6, 6.07) is 0. The van der Waals surface area contributed by atoms with E-state index >= 15 is 0 Å². The zero-order valence-electron chi connectivity index (χ0n) is 9.42. The van der Waals surface area contributed by atoms with Gasteiger partial charge in [0.05, 0.1) is 6.10 Å². The first-order chi connectivity index (χ1) is 6.10. The van der Waals surface area contributed by atoms with E-state index in [1.165, 1.54) is 6.42 Å². The Bertz CT molecular complexity index is 113. The number of nitrogens with two attached hydrogens (primary N) is 1. The maximum atomic E-state index is 5.54. The first-order valence-electron chi connectivity index (χ1n) is 5.01. The van der Waals surface area contributed by atoms with E-state index in [9.17, 15) is 0 Å². The summed E-state index contributed by atoms with van der Waals surface area (Å²) in [5.74, 6) is 0.765. The smallest absolute Gasteiger partial charge is 0.0820 e. The lowest BCUT2D eigenvalue weighted by molar-refractivity contribution is 0.0769. The zero-order chi connectivity index (χ0) is 10.3. The Morgan fingerprint density at radius 3 is 2.38 bits per heavy atom. The third-order valence-corrected chi connectivity index (χ3v) is 2.20. The molecule has 80 valence electrons. The second-order valence-corrected chi connectivity index (χ2v) is 4.04. The molecule has 0 bridgehead atoms. The van der Waals surface area contributed by atoms with E-state index in [-0.39, 0.29) is 6.10 Å². The molecule has 0 aliphatic heterocycles. The highest BCUT2D eigenvalue weighted by Gasteiger charge is 2.08. The maximum Gasteiger partial charge on any atom is 0.0820 e. The highest BCUT2D eigenvalue weighted by molar-refractivity contribution is 4.63. The zero-order valence-corrected chi connectivity index (χ0v) is 9.42. The van der Waals surface area contributed by atoms with Crippen LogP contribution >= 0.6 is 0 Å². The summed E-state index contributed by atoms with van der Waals surface area (Å²) in [6.45, 7) is 7.13. The molecule has 0 rings (SSSR count). The Morgan fingerprint density at radius 1 is 1.38 bits per heavy atom. The van der Waals surface area contributed by atoms with Crippen molar-refractivity contribution in [2.24, 2.45) is 11.7 Å². The van der Waals surface area contributed by atoms with Crippen LogP contribution in [-0.4, -0.2) is 44.8 Å². The molecule has 0 aromatic rings. The summed E-state index contributed by atoms with van der Waals surface area (Å²) in [5.41, 5.74) is 5.54. The van der Waals surface area contributed by atoms with Crippen LogP contribution in [0.25, 0.3) is 0 Å². The Morgan fingerprint density at radius 2 is 2.00 bits per heavy atom. The fourth-order valence-corrected chi connectivity index (χ4v) is 1.16. The number of rotatable bonds is 7. The molecule has 0 spiro atoms. The average molecular weight is 188 g/mol. The fourth-order valence-electron chi connectivity index (χ4n) is 1.16. The van der Waals surface area contributed by atoms with Crippen LogP contribution in [0.2, 0.25) is 0 Å². The highest BCUT2D eigenvalue weighted by atomic mass is 16.5. The molecule has 0 aliphatic carbocycles. The van der Waals surface area contributed by atoms with Gasteiger partial charge in [-0.25, -0.2) is 0 Å². The number of ether oxygens (including phenoxy) is 1. The molecule has 0 radical (unpaired) electrons. The monoisotopic (exact) mass is 188 g/mol. The van der Waals surface area contributed by atoms with E-state index in [2.05, 4.69) is 25.8 Å². The number of likely N-dealkylation sites (N-methyl/N-ethyl adjacent to an activating group) is 1. The van der Waals surface area contributed by atoms with Crippen LogP contribution in [0.1, 0.15) is 20.3 Å². The molecule has 0 aromatic carbocycles. The first kappa shape index (κ1) is 12.9. The standard InChI is InChI=1S/C10H24N2O/c1-9(2)5-6-12(3)8-10(7-11)13-4/h9-10H,5-8,11H2,1-4H3. The quantitative estimate of drug-likeness (QED) is 0.646. The van der Waals surface area contributed by atoms with Gasteiger partial charge in [0, 0.05) is 20.2 Å². The molecular formula is C10H24N2O. The maximum absolute atomic E-state index is 5.54. The van der Waals surface area contributed by atoms with Gasteiger partial charge in [0.1, 0.15) is 0 Å². The minimum atomic E-state index is 0.178. The van der Waals surface area contributed by atoms with Gasteiger partial charge in [-0.3, -0.25) is 0 Å². The molecule has 0 amide bonds. The molecular weight excluding hydrogens is 164 g/mol. The molecule has 13 heavy (non-hydrogen) atoms. The minimum Gasteiger partial charge on any atom is -0.379 e. The van der Waals surface area contributed by atoms with Gasteiger partial charge in [0.15, 0.2) is 0 Å². The summed E-state index contributed by atoms with van der Waals surface area (Å²) < 4.78 is 5.21. The average Bonchev–Trinajstić information content (AvgIpc) is 2.10. The van der Waals surface area contributed by atoms with Gasteiger partial charge in [0.25, 0.3) is 0 Å². The van der Waals surface area contributed by atoms with Crippen molar-refractivity contribution in [1.82, 2.24) is 4.90 Å². The van der Waals surface area contributed by atoms with Gasteiger partial charge in [-0.2, -0.15) is 0 Å². The normalized spacial score (nSPS) is 14.1. The SMILES string of the molecule is COC(CN)CN(C)CCC(C)C. The third-order valence-electron chi connectivity index (χ3n) is 2.20. The molecule has 0 aliphatic rings. The molecule has 0 heterocycles. The van der Waals surface area contributed by atoms with E-state index in [4.69, 9.17) is 10.5 Å². The first-order valence-corrected chi connectivity index (χ1v) is 5.01. The predicted molar refractivity (Wildman–Crippen MR) is 56.8 cm³/mol. The van der Waals surface area contributed by atoms with Gasteiger partial charge in [-0.05, 0) is 25.9 Å². The van der Waals surface area contributed by atoms with Crippen molar-refractivity contribution in [3.05, 3.63) is 0 Å². The number of hydrogen-bond donors (Lipinski definition) is 1. The summed E-state index contributed by atoms with van der Waals surface area (Å²) in [4.78, 5) is 2.28. The molecule has 0 saturated carbocycles. The van der Waals surface area contributed by atoms with Crippen molar-refractivity contribution >= 4 is 0 Å². The van der Waals surface area contributed by atoms with Crippen LogP contribution < -0.4 is 5.73 Å². The van der Waals surface area contributed by atoms with E-state index < -0.39 is 0 Å². The van der Waals surface area contributed by atoms with E-state index in [1.807, 2.05) is 0 Å². The Kier molecular flexibility index (Phi) is 7.23. The molecule has 2 N–H and O–H groups in total. The fraction of sp³-hybridized carbons (Fsp3) is 1.00. The van der Waals surface area contributed by atoms with Gasteiger partial charge < -0.3 is 15.4 Å². The van der Waals surface area contributed by atoms with Gasteiger partial charge in [-0.15, -0.1) is 0 Å². The minimum absolute atomic E-state index is 0.178. The molecule has 1 unspecified atom stereocenters. The van der Waals surface area contributed by atoms with Gasteiger partial charge in [-0.1, -0.05) is 13.8 Å². The summed E-state index contributed by atoms with van der Waals surface area (Å²) in [7, 11) is 3.83. The molecule has 3 heteroatoms. The van der Waals surface area contributed by atoms with E-state index in [0.29, 0.717) is 6.54 Å². The largest absolute Gasteiger partial charge is 0.379 e. The Balaban J connectivity index is 3.53. The second kappa shape index (κ2) is 7.30. The van der Waals surface area contributed by atoms with Crippen LogP contribution in [0.3, 0.4) is 0 Å². The molecule has 1 atom stereocenters.